The smallest absolute Gasteiger partial charge is 0.129 e. The van der Waals surface area contributed by atoms with Gasteiger partial charge in [-0.25, -0.2) is 4.39 Å². The molecule has 1 unspecified atom stereocenters. The lowest BCUT2D eigenvalue weighted by atomic mass is 9.97. The van der Waals surface area contributed by atoms with Gasteiger partial charge in [-0.15, -0.1) is 12.4 Å². The summed E-state index contributed by atoms with van der Waals surface area (Å²) < 4.78 is 19.1. The second kappa shape index (κ2) is 5.45. The molecule has 4 heteroatoms. The largest absolute Gasteiger partial charge is 0.372 e. The van der Waals surface area contributed by atoms with Crippen LogP contribution in [-0.4, -0.2) is 20.2 Å². The van der Waals surface area contributed by atoms with Gasteiger partial charge < -0.3 is 10.1 Å². The van der Waals surface area contributed by atoms with Crippen molar-refractivity contribution in [2.45, 2.75) is 12.5 Å². The molecule has 2 rings (SSSR count). The van der Waals surface area contributed by atoms with Crippen LogP contribution in [0.4, 0.5) is 4.39 Å². The molecule has 0 saturated carbocycles. The molecule has 0 fully saturated rings. The standard InChI is InChI=1S/C11H14FNO.ClH/c1-13-7-10-11-8(5-6-14-10)3-2-4-9(11)12;/h2-4,10,13H,5-7H2,1H3;1H. The van der Waals surface area contributed by atoms with Crippen molar-refractivity contribution >= 4 is 12.4 Å². The lowest BCUT2D eigenvalue weighted by molar-refractivity contribution is 0.0410. The molecule has 0 bridgehead atoms. The summed E-state index contributed by atoms with van der Waals surface area (Å²) >= 11 is 0. The Kier molecular flexibility index (Phi) is 4.51. The van der Waals surface area contributed by atoms with E-state index >= 15 is 0 Å². The first-order valence-electron chi connectivity index (χ1n) is 4.86. The van der Waals surface area contributed by atoms with Gasteiger partial charge in [-0.2, -0.15) is 0 Å². The van der Waals surface area contributed by atoms with Gasteiger partial charge in [0.05, 0.1) is 12.7 Å². The molecule has 1 atom stereocenters. The van der Waals surface area contributed by atoms with Crippen LogP contribution in [0.25, 0.3) is 0 Å². The number of benzene rings is 1. The Morgan fingerprint density at radius 2 is 2.33 bits per heavy atom. The number of nitrogens with one attached hydrogen (secondary N) is 1. The maximum Gasteiger partial charge on any atom is 0.129 e. The second-order valence-corrected chi connectivity index (χ2v) is 3.48. The fraction of sp³-hybridized carbons (Fsp3) is 0.455. The molecule has 1 aliphatic heterocycles. The SMILES string of the molecule is CNCC1OCCc2cccc(F)c21.Cl. The van der Waals surface area contributed by atoms with Gasteiger partial charge in [0.15, 0.2) is 0 Å². The quantitative estimate of drug-likeness (QED) is 0.842. The van der Waals surface area contributed by atoms with E-state index in [4.69, 9.17) is 4.74 Å². The van der Waals surface area contributed by atoms with Crippen molar-refractivity contribution < 1.29 is 9.13 Å². The maximum atomic E-state index is 13.5. The van der Waals surface area contributed by atoms with Crippen LogP contribution in [0, 0.1) is 5.82 Å². The molecule has 15 heavy (non-hydrogen) atoms. The number of likely N-dealkylation sites (N-methyl/N-ethyl adjacent to an activating group) is 1. The molecular weight excluding hydrogens is 217 g/mol. The average Bonchev–Trinajstić information content (AvgIpc) is 2.19. The normalized spacial score (nSPS) is 19.2. The van der Waals surface area contributed by atoms with Crippen molar-refractivity contribution in [1.29, 1.82) is 0 Å². The highest BCUT2D eigenvalue weighted by molar-refractivity contribution is 5.85. The second-order valence-electron chi connectivity index (χ2n) is 3.48. The Balaban J connectivity index is 0.00000112. The van der Waals surface area contributed by atoms with E-state index in [0.29, 0.717) is 13.2 Å². The third-order valence-electron chi connectivity index (χ3n) is 2.55. The molecule has 0 aliphatic carbocycles. The number of halogens is 2. The van der Waals surface area contributed by atoms with Crippen molar-refractivity contribution in [3.63, 3.8) is 0 Å². The first-order valence-corrected chi connectivity index (χ1v) is 4.86. The van der Waals surface area contributed by atoms with Gasteiger partial charge in [-0.05, 0) is 25.1 Å². The summed E-state index contributed by atoms with van der Waals surface area (Å²) in [6, 6.07) is 5.23. The molecular formula is C11H15ClFNO. The van der Waals surface area contributed by atoms with Crippen LogP contribution in [0.2, 0.25) is 0 Å². The molecule has 1 aromatic rings. The third-order valence-corrected chi connectivity index (χ3v) is 2.55. The zero-order chi connectivity index (χ0) is 9.97. The highest BCUT2D eigenvalue weighted by Crippen LogP contribution is 2.28. The van der Waals surface area contributed by atoms with Crippen LogP contribution in [-0.2, 0) is 11.2 Å². The maximum absolute atomic E-state index is 13.5. The van der Waals surface area contributed by atoms with Crippen LogP contribution >= 0.6 is 12.4 Å². The van der Waals surface area contributed by atoms with Gasteiger partial charge in [0.1, 0.15) is 5.82 Å². The minimum Gasteiger partial charge on any atom is -0.372 e. The molecule has 0 amide bonds. The van der Waals surface area contributed by atoms with E-state index in [9.17, 15) is 4.39 Å². The predicted octanol–water partition coefficient (Wildman–Crippen LogP) is 2.08. The first-order chi connectivity index (χ1) is 6.83. The monoisotopic (exact) mass is 231 g/mol. The molecule has 2 nitrogen and oxygen atoms in total. The third kappa shape index (κ3) is 2.48. The van der Waals surface area contributed by atoms with Gasteiger partial charge in [0.25, 0.3) is 0 Å². The fourth-order valence-electron chi connectivity index (χ4n) is 1.90. The number of hydrogen-bond acceptors (Lipinski definition) is 2. The number of ether oxygens (including phenoxy) is 1. The summed E-state index contributed by atoms with van der Waals surface area (Å²) in [5, 5.41) is 3.01. The van der Waals surface area contributed by atoms with E-state index in [-0.39, 0.29) is 24.3 Å². The lowest BCUT2D eigenvalue weighted by Crippen LogP contribution is -2.26. The Bertz CT molecular complexity index is 332. The van der Waals surface area contributed by atoms with Crippen LogP contribution in [0.1, 0.15) is 17.2 Å². The zero-order valence-corrected chi connectivity index (χ0v) is 9.44. The van der Waals surface area contributed by atoms with E-state index in [1.54, 1.807) is 6.07 Å². The topological polar surface area (TPSA) is 21.3 Å². The molecule has 84 valence electrons. The Morgan fingerprint density at radius 1 is 1.53 bits per heavy atom. The van der Waals surface area contributed by atoms with Crippen molar-refractivity contribution in [3.05, 3.63) is 35.1 Å². The molecule has 1 aromatic carbocycles. The Hall–Kier alpha value is -0.640. The van der Waals surface area contributed by atoms with Crippen LogP contribution in [0.3, 0.4) is 0 Å². The van der Waals surface area contributed by atoms with Crippen LogP contribution in [0.5, 0.6) is 0 Å². The molecule has 1 N–H and O–H groups in total. The van der Waals surface area contributed by atoms with Gasteiger partial charge >= 0.3 is 0 Å². The van der Waals surface area contributed by atoms with Crippen molar-refractivity contribution in [2.24, 2.45) is 0 Å². The van der Waals surface area contributed by atoms with E-state index < -0.39 is 0 Å². The van der Waals surface area contributed by atoms with Gasteiger partial charge in [0.2, 0.25) is 0 Å². The molecule has 1 heterocycles. The highest BCUT2D eigenvalue weighted by Gasteiger charge is 2.23. The highest BCUT2D eigenvalue weighted by atomic mass is 35.5. The van der Waals surface area contributed by atoms with Crippen LogP contribution < -0.4 is 5.32 Å². The Morgan fingerprint density at radius 3 is 3.07 bits per heavy atom. The summed E-state index contributed by atoms with van der Waals surface area (Å²) in [7, 11) is 1.85. The average molecular weight is 232 g/mol. The summed E-state index contributed by atoms with van der Waals surface area (Å²) in [4.78, 5) is 0. The van der Waals surface area contributed by atoms with Crippen molar-refractivity contribution in [1.82, 2.24) is 5.32 Å². The van der Waals surface area contributed by atoms with Crippen molar-refractivity contribution in [3.8, 4) is 0 Å². The van der Waals surface area contributed by atoms with Gasteiger partial charge in [-0.1, -0.05) is 12.1 Å². The van der Waals surface area contributed by atoms with Gasteiger partial charge in [0, 0.05) is 12.1 Å². The summed E-state index contributed by atoms with van der Waals surface area (Å²) in [6.07, 6.45) is 0.678. The molecule has 0 spiro atoms. The summed E-state index contributed by atoms with van der Waals surface area (Å²) in [5.41, 5.74) is 1.81. The fourth-order valence-corrected chi connectivity index (χ4v) is 1.90. The first kappa shape index (κ1) is 12.4. The minimum atomic E-state index is -0.151. The molecule has 0 saturated heterocycles. The summed E-state index contributed by atoms with van der Waals surface area (Å²) in [5.74, 6) is -0.151. The van der Waals surface area contributed by atoms with E-state index in [1.807, 2.05) is 13.1 Å². The minimum absolute atomic E-state index is 0. The molecule has 0 aromatic heterocycles. The van der Waals surface area contributed by atoms with Gasteiger partial charge in [-0.3, -0.25) is 0 Å². The number of fused-ring (bicyclic) bond motifs is 1. The van der Waals surface area contributed by atoms with Crippen LogP contribution in [0.15, 0.2) is 18.2 Å². The predicted molar refractivity (Wildman–Crippen MR) is 60.0 cm³/mol. The van der Waals surface area contributed by atoms with Crippen molar-refractivity contribution in [2.75, 3.05) is 20.2 Å². The number of rotatable bonds is 2. The molecule has 0 radical (unpaired) electrons. The van der Waals surface area contributed by atoms with E-state index in [2.05, 4.69) is 5.32 Å². The molecule has 1 aliphatic rings. The Labute approximate surface area is 95.2 Å². The zero-order valence-electron chi connectivity index (χ0n) is 8.63. The summed E-state index contributed by atoms with van der Waals surface area (Å²) in [6.45, 7) is 1.34. The number of hydrogen-bond donors (Lipinski definition) is 1. The lowest BCUT2D eigenvalue weighted by Gasteiger charge is -2.26. The van der Waals surface area contributed by atoms with E-state index in [1.165, 1.54) is 6.07 Å². The van der Waals surface area contributed by atoms with E-state index in [0.717, 1.165) is 17.5 Å².